The molecule has 0 bridgehead atoms. The van der Waals surface area contributed by atoms with E-state index in [0.29, 0.717) is 29.4 Å². The summed E-state index contributed by atoms with van der Waals surface area (Å²) >= 11 is 0. The van der Waals surface area contributed by atoms with Crippen LogP contribution in [0.5, 0.6) is 0 Å². The molecule has 164 valence electrons. The summed E-state index contributed by atoms with van der Waals surface area (Å²) in [6, 6.07) is 7.53. The first-order valence-electron chi connectivity index (χ1n) is 9.68. The number of rotatable bonds is 5. The molecule has 0 saturated carbocycles. The Morgan fingerprint density at radius 2 is 1.77 bits per heavy atom. The van der Waals surface area contributed by atoms with Crippen LogP contribution in [-0.2, 0) is 12.6 Å². The lowest BCUT2D eigenvalue weighted by Crippen LogP contribution is -2.28. The second kappa shape index (κ2) is 8.37. The molecule has 3 heterocycles. The molecule has 0 amide bonds. The van der Waals surface area contributed by atoms with E-state index in [2.05, 4.69) is 30.6 Å². The quantitative estimate of drug-likeness (QED) is 0.519. The zero-order valence-corrected chi connectivity index (χ0v) is 17.7. The topological polar surface area (TPSA) is 102 Å². The molecule has 3 rings (SSSR count). The molecule has 31 heavy (non-hydrogen) atoms. The Morgan fingerprint density at radius 1 is 1.03 bits per heavy atom. The van der Waals surface area contributed by atoms with Crippen molar-refractivity contribution in [3.63, 3.8) is 0 Å². The van der Waals surface area contributed by atoms with Crippen molar-refractivity contribution >= 4 is 23.3 Å². The predicted molar refractivity (Wildman–Crippen MR) is 115 cm³/mol. The van der Waals surface area contributed by atoms with Crippen LogP contribution in [0, 0.1) is 0 Å². The number of hydrogen-bond donors (Lipinski definition) is 3. The highest BCUT2D eigenvalue weighted by atomic mass is 19.4. The summed E-state index contributed by atoms with van der Waals surface area (Å²) in [6.07, 6.45) is -2.86. The van der Waals surface area contributed by atoms with Crippen molar-refractivity contribution in [2.75, 3.05) is 16.4 Å². The van der Waals surface area contributed by atoms with Gasteiger partial charge in [-0.1, -0.05) is 13.0 Å². The number of nitrogen functional groups attached to an aromatic ring is 1. The molecule has 0 atom stereocenters. The molecule has 3 aromatic rings. The number of nitrogens with one attached hydrogen (secondary N) is 2. The maximum atomic E-state index is 13.0. The molecule has 0 spiro atoms. The van der Waals surface area contributed by atoms with E-state index in [1.54, 1.807) is 18.2 Å². The van der Waals surface area contributed by atoms with Gasteiger partial charge in [0.2, 0.25) is 5.95 Å². The van der Waals surface area contributed by atoms with Gasteiger partial charge < -0.3 is 16.4 Å². The average molecular weight is 431 g/mol. The second-order valence-corrected chi connectivity index (χ2v) is 7.95. The van der Waals surface area contributed by atoms with E-state index in [4.69, 9.17) is 5.73 Å². The van der Waals surface area contributed by atoms with Crippen LogP contribution < -0.4 is 16.4 Å². The maximum absolute atomic E-state index is 13.0. The number of pyridine rings is 2. The Hall–Kier alpha value is -3.43. The minimum atomic E-state index is -4.56. The van der Waals surface area contributed by atoms with Crippen molar-refractivity contribution < 1.29 is 13.2 Å². The first kappa shape index (κ1) is 22.3. The molecule has 10 heteroatoms. The fourth-order valence-electron chi connectivity index (χ4n) is 2.92. The average Bonchev–Trinajstić information content (AvgIpc) is 2.66. The summed E-state index contributed by atoms with van der Waals surface area (Å²) in [5.74, 6) is 1.03. The van der Waals surface area contributed by atoms with Crippen molar-refractivity contribution in [2.45, 2.75) is 45.8 Å². The van der Waals surface area contributed by atoms with Crippen molar-refractivity contribution in [3.8, 4) is 11.4 Å². The molecule has 0 aliphatic heterocycles. The number of alkyl halides is 3. The van der Waals surface area contributed by atoms with E-state index in [1.165, 1.54) is 6.07 Å². The monoisotopic (exact) mass is 431 g/mol. The summed E-state index contributed by atoms with van der Waals surface area (Å²) in [5.41, 5.74) is 6.61. The van der Waals surface area contributed by atoms with Crippen LogP contribution in [0.15, 0.2) is 36.5 Å². The van der Waals surface area contributed by atoms with Gasteiger partial charge in [0.05, 0.1) is 11.4 Å². The summed E-state index contributed by atoms with van der Waals surface area (Å²) in [5, 5.41) is 6.20. The highest BCUT2D eigenvalue weighted by molar-refractivity contribution is 5.70. The van der Waals surface area contributed by atoms with Gasteiger partial charge in [-0.3, -0.25) is 4.98 Å². The summed E-state index contributed by atoms with van der Waals surface area (Å²) < 4.78 is 39.1. The van der Waals surface area contributed by atoms with E-state index in [9.17, 15) is 13.2 Å². The van der Waals surface area contributed by atoms with Crippen molar-refractivity contribution in [1.29, 1.82) is 0 Å². The molecule has 7 nitrogen and oxygen atoms in total. The van der Waals surface area contributed by atoms with Crippen molar-refractivity contribution in [1.82, 2.24) is 19.9 Å². The van der Waals surface area contributed by atoms with Gasteiger partial charge in [-0.2, -0.15) is 18.2 Å². The van der Waals surface area contributed by atoms with Gasteiger partial charge in [0.15, 0.2) is 0 Å². The lowest BCUT2D eigenvalue weighted by molar-refractivity contribution is -0.141. The lowest BCUT2D eigenvalue weighted by Gasteiger charge is -2.24. The van der Waals surface area contributed by atoms with Crippen molar-refractivity contribution in [2.24, 2.45) is 0 Å². The van der Waals surface area contributed by atoms with Gasteiger partial charge in [0.1, 0.15) is 17.3 Å². The second-order valence-electron chi connectivity index (χ2n) is 7.95. The first-order chi connectivity index (χ1) is 14.5. The number of hydrogen-bond acceptors (Lipinski definition) is 7. The van der Waals surface area contributed by atoms with Crippen LogP contribution in [0.3, 0.4) is 0 Å². The molecule has 0 aliphatic carbocycles. The molecule has 0 aromatic carbocycles. The Balaban J connectivity index is 2.12. The highest BCUT2D eigenvalue weighted by Crippen LogP contribution is 2.32. The predicted octanol–water partition coefficient (Wildman–Crippen LogP) is 5.05. The minimum Gasteiger partial charge on any atom is -0.384 e. The first-order valence-corrected chi connectivity index (χ1v) is 9.68. The molecular formula is C21H24F3N7. The van der Waals surface area contributed by atoms with Gasteiger partial charge in [-0.15, -0.1) is 0 Å². The fourth-order valence-corrected chi connectivity index (χ4v) is 2.92. The summed E-state index contributed by atoms with van der Waals surface area (Å²) in [7, 11) is 0. The molecule has 3 aromatic heterocycles. The Kier molecular flexibility index (Phi) is 6.01. The molecule has 0 aliphatic rings. The van der Waals surface area contributed by atoms with Crippen LogP contribution in [0.2, 0.25) is 0 Å². The third-order valence-corrected chi connectivity index (χ3v) is 4.17. The summed E-state index contributed by atoms with van der Waals surface area (Å²) in [4.78, 5) is 16.8. The minimum absolute atomic E-state index is 0.127. The third-order valence-electron chi connectivity index (χ3n) is 4.17. The van der Waals surface area contributed by atoms with Crippen LogP contribution in [0.1, 0.15) is 39.0 Å². The number of halogens is 3. The lowest BCUT2D eigenvalue weighted by atomic mass is 10.1. The normalized spacial score (nSPS) is 12.0. The number of nitrogens with zero attached hydrogens (tertiary/aromatic N) is 4. The van der Waals surface area contributed by atoms with Gasteiger partial charge in [0.25, 0.3) is 0 Å². The zero-order chi connectivity index (χ0) is 22.8. The van der Waals surface area contributed by atoms with E-state index in [0.717, 1.165) is 17.8 Å². The number of nitrogens with two attached hydrogens (primary N) is 1. The zero-order valence-electron chi connectivity index (χ0n) is 17.7. The van der Waals surface area contributed by atoms with Gasteiger partial charge in [-0.05, 0) is 51.5 Å². The van der Waals surface area contributed by atoms with Crippen molar-refractivity contribution in [3.05, 3.63) is 47.8 Å². The molecule has 4 N–H and O–H groups in total. The van der Waals surface area contributed by atoms with E-state index < -0.39 is 11.9 Å². The van der Waals surface area contributed by atoms with Crippen LogP contribution >= 0.6 is 0 Å². The van der Waals surface area contributed by atoms with Gasteiger partial charge in [0, 0.05) is 23.0 Å². The largest absolute Gasteiger partial charge is 0.433 e. The maximum Gasteiger partial charge on any atom is 0.433 e. The van der Waals surface area contributed by atoms with E-state index >= 15 is 0 Å². The number of anilines is 4. The Labute approximate surface area is 178 Å². The molecule has 0 fully saturated rings. The van der Waals surface area contributed by atoms with Crippen LogP contribution in [-0.4, -0.2) is 25.5 Å². The fraction of sp³-hybridized carbons (Fsp3) is 0.333. The standard InChI is InChI=1S/C21H24F3N7/c1-5-13-17(14-7-6-8-16(25)28-14)29-19(30-18(13)31-20(2,3)4)27-12-9-10-26-15(11-12)21(22,23)24/h6-11H,5H2,1-4H3,(H2,25,28)(H2,26,27,29,30,31). The smallest absolute Gasteiger partial charge is 0.384 e. The molecule has 0 saturated heterocycles. The molecular weight excluding hydrogens is 407 g/mol. The van der Waals surface area contributed by atoms with Crippen LogP contribution in [0.4, 0.5) is 36.4 Å². The SMILES string of the molecule is CCc1c(NC(C)(C)C)nc(Nc2ccnc(C(F)(F)F)c2)nc1-c1cccc(N)n1. The summed E-state index contributed by atoms with van der Waals surface area (Å²) in [6.45, 7) is 7.92. The Morgan fingerprint density at radius 3 is 2.39 bits per heavy atom. The molecule has 0 unspecified atom stereocenters. The van der Waals surface area contributed by atoms with E-state index in [-0.39, 0.29) is 17.2 Å². The Bertz CT molecular complexity index is 1080. The highest BCUT2D eigenvalue weighted by Gasteiger charge is 2.32. The van der Waals surface area contributed by atoms with E-state index in [1.807, 2.05) is 27.7 Å². The third kappa shape index (κ3) is 5.59. The van der Waals surface area contributed by atoms with Gasteiger partial charge >= 0.3 is 6.18 Å². The van der Waals surface area contributed by atoms with Crippen LogP contribution in [0.25, 0.3) is 11.4 Å². The number of aromatic nitrogens is 4. The van der Waals surface area contributed by atoms with Gasteiger partial charge in [-0.25, -0.2) is 9.97 Å². The molecule has 0 radical (unpaired) electrons.